The van der Waals surface area contributed by atoms with Crippen molar-refractivity contribution in [2.45, 2.75) is 89.1 Å². The predicted octanol–water partition coefficient (Wildman–Crippen LogP) is 3.94. The summed E-state index contributed by atoms with van der Waals surface area (Å²) in [6, 6.07) is 1.44. The monoisotopic (exact) mass is 266 g/mol. The van der Waals surface area contributed by atoms with Gasteiger partial charge in [0.2, 0.25) is 0 Å². The zero-order chi connectivity index (χ0) is 13.5. The minimum atomic E-state index is 0.640. The van der Waals surface area contributed by atoms with Crippen molar-refractivity contribution in [3.05, 3.63) is 0 Å². The molecule has 2 aliphatic carbocycles. The zero-order valence-electron chi connectivity index (χ0n) is 12.9. The van der Waals surface area contributed by atoms with Crippen molar-refractivity contribution < 1.29 is 0 Å². The molecule has 2 N–H and O–H groups in total. The molecule has 0 saturated heterocycles. The van der Waals surface area contributed by atoms with Crippen LogP contribution in [-0.4, -0.2) is 30.6 Å². The Balaban J connectivity index is 1.93. The number of likely N-dealkylation sites (N-methyl/N-ethyl adjacent to an activating group) is 1. The van der Waals surface area contributed by atoms with Crippen molar-refractivity contribution in [2.24, 2.45) is 11.7 Å². The molecule has 19 heavy (non-hydrogen) atoms. The fourth-order valence-corrected chi connectivity index (χ4v) is 4.32. The Kier molecular flexibility index (Phi) is 6.66. The fraction of sp³-hybridized carbons (Fsp3) is 1.00. The van der Waals surface area contributed by atoms with Gasteiger partial charge in [-0.25, -0.2) is 0 Å². The maximum absolute atomic E-state index is 6.16. The van der Waals surface area contributed by atoms with Gasteiger partial charge in [0.05, 0.1) is 0 Å². The highest BCUT2D eigenvalue weighted by Crippen LogP contribution is 2.30. The number of rotatable bonds is 4. The summed E-state index contributed by atoms with van der Waals surface area (Å²) in [6.07, 6.45) is 17.1. The maximum Gasteiger partial charge on any atom is 0.0246 e. The third-order valence-electron chi connectivity index (χ3n) is 5.61. The minimum absolute atomic E-state index is 0.640. The Bertz CT molecular complexity index is 225. The molecule has 1 unspecified atom stereocenters. The Hall–Kier alpha value is -0.0800. The van der Waals surface area contributed by atoms with E-state index in [0.717, 1.165) is 18.5 Å². The molecule has 2 fully saturated rings. The van der Waals surface area contributed by atoms with Gasteiger partial charge in [-0.15, -0.1) is 0 Å². The number of hydrogen-bond acceptors (Lipinski definition) is 2. The average Bonchev–Trinajstić information content (AvgIpc) is 2.84. The first-order chi connectivity index (χ1) is 9.33. The van der Waals surface area contributed by atoms with Crippen LogP contribution in [0.1, 0.15) is 77.0 Å². The van der Waals surface area contributed by atoms with Crippen molar-refractivity contribution in [3.63, 3.8) is 0 Å². The number of hydrogen-bond donors (Lipinski definition) is 1. The van der Waals surface area contributed by atoms with E-state index in [4.69, 9.17) is 5.73 Å². The summed E-state index contributed by atoms with van der Waals surface area (Å²) in [4.78, 5) is 2.68. The van der Waals surface area contributed by atoms with Crippen molar-refractivity contribution in [1.29, 1.82) is 0 Å². The number of nitrogens with two attached hydrogens (primary N) is 1. The van der Waals surface area contributed by atoms with Crippen LogP contribution in [0.3, 0.4) is 0 Å². The second kappa shape index (κ2) is 8.26. The van der Waals surface area contributed by atoms with Crippen LogP contribution >= 0.6 is 0 Å². The molecule has 0 aromatic rings. The summed E-state index contributed by atoms with van der Waals surface area (Å²) >= 11 is 0. The van der Waals surface area contributed by atoms with Crippen LogP contribution in [0.15, 0.2) is 0 Å². The molecule has 0 heterocycles. The smallest absolute Gasteiger partial charge is 0.0246 e. The summed E-state index contributed by atoms with van der Waals surface area (Å²) in [5, 5.41) is 0. The lowest BCUT2D eigenvalue weighted by Gasteiger charge is -2.38. The molecule has 2 aliphatic rings. The van der Waals surface area contributed by atoms with Crippen LogP contribution in [0.25, 0.3) is 0 Å². The van der Waals surface area contributed by atoms with Gasteiger partial charge in [-0.05, 0) is 38.6 Å². The Labute approximate surface area is 120 Å². The van der Waals surface area contributed by atoms with Crippen LogP contribution in [0.2, 0.25) is 0 Å². The third-order valence-corrected chi connectivity index (χ3v) is 5.61. The Morgan fingerprint density at radius 1 is 0.842 bits per heavy atom. The van der Waals surface area contributed by atoms with E-state index in [1.54, 1.807) is 0 Å². The topological polar surface area (TPSA) is 29.3 Å². The van der Waals surface area contributed by atoms with E-state index < -0.39 is 0 Å². The molecule has 0 radical (unpaired) electrons. The molecule has 2 saturated carbocycles. The molecule has 112 valence electrons. The molecular formula is C17H34N2. The van der Waals surface area contributed by atoms with Crippen molar-refractivity contribution >= 4 is 0 Å². The van der Waals surface area contributed by atoms with Crippen molar-refractivity contribution in [1.82, 2.24) is 4.90 Å². The van der Waals surface area contributed by atoms with E-state index in [0.29, 0.717) is 6.04 Å². The van der Waals surface area contributed by atoms with Crippen molar-refractivity contribution in [3.8, 4) is 0 Å². The van der Waals surface area contributed by atoms with Crippen LogP contribution < -0.4 is 5.73 Å². The summed E-state index contributed by atoms with van der Waals surface area (Å²) in [5.74, 6) is 0.862. The standard InChI is InChI=1S/C17H34N2/c1-19(16-12-8-4-5-9-13-16)17(14-18)15-10-6-2-3-7-11-15/h15-17H,2-14,18H2,1H3. The minimum Gasteiger partial charge on any atom is -0.329 e. The first kappa shape index (κ1) is 15.3. The summed E-state index contributed by atoms with van der Waals surface area (Å²) in [7, 11) is 2.36. The predicted molar refractivity (Wildman–Crippen MR) is 83.3 cm³/mol. The zero-order valence-corrected chi connectivity index (χ0v) is 12.9. The van der Waals surface area contributed by atoms with Gasteiger partial charge >= 0.3 is 0 Å². The normalized spacial score (nSPS) is 26.1. The summed E-state index contributed by atoms with van der Waals surface area (Å²) < 4.78 is 0. The molecule has 0 aliphatic heterocycles. The maximum atomic E-state index is 6.16. The Morgan fingerprint density at radius 2 is 1.32 bits per heavy atom. The van der Waals surface area contributed by atoms with Gasteiger partial charge in [-0.2, -0.15) is 0 Å². The van der Waals surface area contributed by atoms with E-state index in [9.17, 15) is 0 Å². The lowest BCUT2D eigenvalue weighted by molar-refractivity contribution is 0.109. The van der Waals surface area contributed by atoms with Gasteiger partial charge in [0.15, 0.2) is 0 Å². The van der Waals surface area contributed by atoms with Gasteiger partial charge in [0.1, 0.15) is 0 Å². The van der Waals surface area contributed by atoms with Gasteiger partial charge < -0.3 is 5.73 Å². The largest absolute Gasteiger partial charge is 0.329 e. The lowest BCUT2D eigenvalue weighted by Crippen LogP contribution is -2.48. The van der Waals surface area contributed by atoms with Crippen LogP contribution in [0, 0.1) is 5.92 Å². The molecule has 2 nitrogen and oxygen atoms in total. The van der Waals surface area contributed by atoms with Crippen LogP contribution in [0.4, 0.5) is 0 Å². The van der Waals surface area contributed by atoms with Gasteiger partial charge in [-0.1, -0.05) is 51.4 Å². The van der Waals surface area contributed by atoms with Crippen LogP contribution in [0.5, 0.6) is 0 Å². The lowest BCUT2D eigenvalue weighted by atomic mass is 9.89. The fourth-order valence-electron chi connectivity index (χ4n) is 4.32. The van der Waals surface area contributed by atoms with Gasteiger partial charge in [-0.3, -0.25) is 4.90 Å². The molecule has 2 heteroatoms. The van der Waals surface area contributed by atoms with Gasteiger partial charge in [0.25, 0.3) is 0 Å². The van der Waals surface area contributed by atoms with E-state index in [1.807, 2.05) is 0 Å². The second-order valence-corrected chi connectivity index (χ2v) is 6.87. The number of nitrogens with zero attached hydrogens (tertiary/aromatic N) is 1. The van der Waals surface area contributed by atoms with E-state index in [-0.39, 0.29) is 0 Å². The SMILES string of the molecule is CN(C1CCCCCC1)C(CN)C1CCCCCC1. The summed E-state index contributed by atoms with van der Waals surface area (Å²) in [6.45, 7) is 0.859. The highest BCUT2D eigenvalue weighted by Gasteiger charge is 2.29. The Morgan fingerprint density at radius 3 is 1.79 bits per heavy atom. The van der Waals surface area contributed by atoms with E-state index >= 15 is 0 Å². The van der Waals surface area contributed by atoms with E-state index in [1.165, 1.54) is 77.0 Å². The van der Waals surface area contributed by atoms with E-state index in [2.05, 4.69) is 11.9 Å². The van der Waals surface area contributed by atoms with Crippen molar-refractivity contribution in [2.75, 3.05) is 13.6 Å². The molecule has 0 aromatic heterocycles. The highest BCUT2D eigenvalue weighted by atomic mass is 15.2. The molecule has 2 rings (SSSR count). The molecule has 0 spiro atoms. The first-order valence-electron chi connectivity index (χ1n) is 8.75. The second-order valence-electron chi connectivity index (χ2n) is 6.87. The first-order valence-corrected chi connectivity index (χ1v) is 8.75. The highest BCUT2D eigenvalue weighted by molar-refractivity contribution is 4.85. The molecule has 1 atom stereocenters. The third kappa shape index (κ3) is 4.46. The van der Waals surface area contributed by atoms with Crippen LogP contribution in [-0.2, 0) is 0 Å². The summed E-state index contributed by atoms with van der Waals surface area (Å²) in [5.41, 5.74) is 6.16. The molecular weight excluding hydrogens is 232 g/mol. The van der Waals surface area contributed by atoms with Gasteiger partial charge in [0, 0.05) is 18.6 Å². The quantitative estimate of drug-likeness (QED) is 0.781. The molecule has 0 amide bonds. The average molecular weight is 266 g/mol. The molecule has 0 bridgehead atoms. The molecule has 0 aromatic carbocycles.